The van der Waals surface area contributed by atoms with Crippen molar-refractivity contribution in [3.05, 3.63) is 48.0 Å². The van der Waals surface area contributed by atoms with Crippen LogP contribution in [0, 0.1) is 0 Å². The van der Waals surface area contributed by atoms with Gasteiger partial charge in [0.1, 0.15) is 13.2 Å². The molecule has 0 aliphatic carbocycles. The first kappa shape index (κ1) is 13.7. The minimum absolute atomic E-state index is 0. The maximum Gasteiger partial charge on any atom is 0.161 e. The monoisotopic (exact) mass is 277 g/mol. The molecule has 1 aliphatic heterocycles. The first-order chi connectivity index (χ1) is 8.86. The molecule has 0 saturated carbocycles. The molecule has 2 aromatic rings. The lowest BCUT2D eigenvalue weighted by molar-refractivity contribution is 0.171. The Morgan fingerprint density at radius 3 is 2.42 bits per heavy atom. The molecule has 0 spiro atoms. The highest BCUT2D eigenvalue weighted by atomic mass is 35.5. The predicted molar refractivity (Wildman–Crippen MR) is 78.0 cm³/mol. The second-order valence-electron chi connectivity index (χ2n) is 4.26. The van der Waals surface area contributed by atoms with E-state index in [1.54, 1.807) is 0 Å². The Hall–Kier alpha value is -1.71. The van der Waals surface area contributed by atoms with Crippen LogP contribution in [0.5, 0.6) is 11.5 Å². The first-order valence-corrected chi connectivity index (χ1v) is 6.06. The van der Waals surface area contributed by atoms with Gasteiger partial charge in [-0.1, -0.05) is 24.3 Å². The van der Waals surface area contributed by atoms with Gasteiger partial charge in [-0.3, -0.25) is 0 Å². The molecule has 100 valence electrons. The molecular weight excluding hydrogens is 262 g/mol. The molecule has 3 nitrogen and oxygen atoms in total. The number of hydrogen-bond acceptors (Lipinski definition) is 3. The fourth-order valence-corrected chi connectivity index (χ4v) is 2.10. The average Bonchev–Trinajstić information content (AvgIpc) is 2.47. The van der Waals surface area contributed by atoms with E-state index in [9.17, 15) is 0 Å². The second kappa shape index (κ2) is 5.95. The van der Waals surface area contributed by atoms with Crippen LogP contribution in [0.3, 0.4) is 0 Å². The average molecular weight is 278 g/mol. The van der Waals surface area contributed by atoms with Crippen molar-refractivity contribution in [2.75, 3.05) is 13.2 Å². The maximum absolute atomic E-state index is 5.66. The zero-order chi connectivity index (χ0) is 12.4. The van der Waals surface area contributed by atoms with Crippen LogP contribution in [0.25, 0.3) is 11.1 Å². The molecule has 0 aromatic heterocycles. The van der Waals surface area contributed by atoms with Crippen LogP contribution in [-0.4, -0.2) is 13.2 Å². The Morgan fingerprint density at radius 1 is 0.895 bits per heavy atom. The summed E-state index contributed by atoms with van der Waals surface area (Å²) in [5, 5.41) is 0. The standard InChI is InChI=1S/C15H15NO2.ClH/c16-10-11-2-1-3-12(8-11)13-4-5-14-15(9-13)18-7-6-17-14;/h1-5,8-9H,6-7,10,16H2;1H. The van der Waals surface area contributed by atoms with Crippen molar-refractivity contribution < 1.29 is 9.47 Å². The highest BCUT2D eigenvalue weighted by Crippen LogP contribution is 2.34. The third kappa shape index (κ3) is 2.83. The lowest BCUT2D eigenvalue weighted by Crippen LogP contribution is -2.15. The van der Waals surface area contributed by atoms with Crippen LogP contribution in [0.15, 0.2) is 42.5 Å². The number of ether oxygens (including phenoxy) is 2. The number of fused-ring (bicyclic) bond motifs is 1. The van der Waals surface area contributed by atoms with Gasteiger partial charge in [0.25, 0.3) is 0 Å². The van der Waals surface area contributed by atoms with Gasteiger partial charge in [-0.2, -0.15) is 0 Å². The molecule has 0 unspecified atom stereocenters. The lowest BCUT2D eigenvalue weighted by atomic mass is 10.0. The lowest BCUT2D eigenvalue weighted by Gasteiger charge is -2.19. The molecule has 0 fully saturated rings. The Morgan fingerprint density at radius 2 is 1.63 bits per heavy atom. The van der Waals surface area contributed by atoms with Gasteiger partial charge < -0.3 is 15.2 Å². The molecule has 19 heavy (non-hydrogen) atoms. The van der Waals surface area contributed by atoms with Gasteiger partial charge in [-0.05, 0) is 34.9 Å². The smallest absolute Gasteiger partial charge is 0.161 e. The fraction of sp³-hybridized carbons (Fsp3) is 0.200. The van der Waals surface area contributed by atoms with E-state index < -0.39 is 0 Å². The van der Waals surface area contributed by atoms with E-state index in [0.29, 0.717) is 19.8 Å². The summed E-state index contributed by atoms with van der Waals surface area (Å²) in [6.45, 7) is 1.78. The van der Waals surface area contributed by atoms with Gasteiger partial charge >= 0.3 is 0 Å². The van der Waals surface area contributed by atoms with E-state index in [1.165, 1.54) is 0 Å². The van der Waals surface area contributed by atoms with Crippen LogP contribution in [-0.2, 0) is 6.54 Å². The van der Waals surface area contributed by atoms with Gasteiger partial charge in [0.15, 0.2) is 11.5 Å². The van der Waals surface area contributed by atoms with Crippen LogP contribution in [0.2, 0.25) is 0 Å². The van der Waals surface area contributed by atoms with Gasteiger partial charge in [-0.25, -0.2) is 0 Å². The number of halogens is 1. The maximum atomic E-state index is 5.66. The minimum Gasteiger partial charge on any atom is -0.486 e. The summed E-state index contributed by atoms with van der Waals surface area (Å²) in [7, 11) is 0. The summed E-state index contributed by atoms with van der Waals surface area (Å²) in [5.74, 6) is 1.64. The van der Waals surface area contributed by atoms with Crippen molar-refractivity contribution in [1.82, 2.24) is 0 Å². The van der Waals surface area contributed by atoms with E-state index in [-0.39, 0.29) is 12.4 Å². The van der Waals surface area contributed by atoms with Crippen molar-refractivity contribution in [2.45, 2.75) is 6.54 Å². The van der Waals surface area contributed by atoms with E-state index in [1.807, 2.05) is 30.3 Å². The van der Waals surface area contributed by atoms with Gasteiger partial charge in [0, 0.05) is 6.54 Å². The van der Waals surface area contributed by atoms with Crippen molar-refractivity contribution in [3.63, 3.8) is 0 Å². The van der Waals surface area contributed by atoms with E-state index in [2.05, 4.69) is 12.1 Å². The summed E-state index contributed by atoms with van der Waals surface area (Å²) < 4.78 is 11.1. The second-order valence-corrected chi connectivity index (χ2v) is 4.26. The summed E-state index contributed by atoms with van der Waals surface area (Å²) in [5.41, 5.74) is 9.06. The largest absolute Gasteiger partial charge is 0.486 e. The number of hydrogen-bond donors (Lipinski definition) is 1. The first-order valence-electron chi connectivity index (χ1n) is 6.06. The molecule has 1 aliphatic rings. The fourth-order valence-electron chi connectivity index (χ4n) is 2.10. The normalized spacial score (nSPS) is 12.7. The topological polar surface area (TPSA) is 44.5 Å². The number of benzene rings is 2. The molecule has 0 saturated heterocycles. The number of nitrogens with two attached hydrogens (primary N) is 1. The van der Waals surface area contributed by atoms with Crippen molar-refractivity contribution >= 4 is 12.4 Å². The van der Waals surface area contributed by atoms with E-state index >= 15 is 0 Å². The summed E-state index contributed by atoms with van der Waals surface area (Å²) in [6.07, 6.45) is 0. The molecule has 0 amide bonds. The highest BCUT2D eigenvalue weighted by Gasteiger charge is 2.12. The highest BCUT2D eigenvalue weighted by molar-refractivity contribution is 5.85. The van der Waals surface area contributed by atoms with Gasteiger partial charge in [0.2, 0.25) is 0 Å². The SMILES string of the molecule is Cl.NCc1cccc(-c2ccc3c(c2)OCCO3)c1. The minimum atomic E-state index is 0. The molecule has 0 atom stereocenters. The molecule has 2 aromatic carbocycles. The summed E-state index contributed by atoms with van der Waals surface area (Å²) in [6, 6.07) is 14.2. The van der Waals surface area contributed by atoms with E-state index in [0.717, 1.165) is 28.2 Å². The predicted octanol–water partition coefficient (Wildman–Crippen LogP) is 3.01. The van der Waals surface area contributed by atoms with Crippen LogP contribution < -0.4 is 15.2 Å². The van der Waals surface area contributed by atoms with Gasteiger partial charge in [0.05, 0.1) is 0 Å². The van der Waals surface area contributed by atoms with Crippen LogP contribution in [0.1, 0.15) is 5.56 Å². The number of rotatable bonds is 2. The zero-order valence-corrected chi connectivity index (χ0v) is 11.3. The Bertz CT molecular complexity index is 572. The van der Waals surface area contributed by atoms with Crippen molar-refractivity contribution in [3.8, 4) is 22.6 Å². The van der Waals surface area contributed by atoms with Crippen LogP contribution in [0.4, 0.5) is 0 Å². The van der Waals surface area contributed by atoms with Gasteiger partial charge in [-0.15, -0.1) is 12.4 Å². The van der Waals surface area contributed by atoms with Crippen LogP contribution >= 0.6 is 12.4 Å². The molecule has 2 N–H and O–H groups in total. The Labute approximate surface area is 118 Å². The zero-order valence-electron chi connectivity index (χ0n) is 10.5. The molecule has 3 rings (SSSR count). The Kier molecular flexibility index (Phi) is 4.30. The van der Waals surface area contributed by atoms with Crippen molar-refractivity contribution in [1.29, 1.82) is 0 Å². The Balaban J connectivity index is 0.00000133. The molecule has 0 bridgehead atoms. The third-order valence-electron chi connectivity index (χ3n) is 3.04. The molecular formula is C15H16ClNO2. The molecule has 0 radical (unpaired) electrons. The van der Waals surface area contributed by atoms with E-state index in [4.69, 9.17) is 15.2 Å². The third-order valence-corrected chi connectivity index (χ3v) is 3.04. The summed E-state index contributed by atoms with van der Waals surface area (Å²) in [4.78, 5) is 0. The quantitative estimate of drug-likeness (QED) is 0.918. The molecule has 1 heterocycles. The molecule has 4 heteroatoms. The van der Waals surface area contributed by atoms with Crippen molar-refractivity contribution in [2.24, 2.45) is 5.73 Å². The summed E-state index contributed by atoms with van der Waals surface area (Å²) >= 11 is 0.